The Hall–Kier alpha value is -1.18. The van der Waals surface area contributed by atoms with E-state index in [0.29, 0.717) is 24.4 Å². The van der Waals surface area contributed by atoms with Crippen LogP contribution in [0.1, 0.15) is 44.3 Å². The second-order valence-corrected chi connectivity index (χ2v) is 7.99. The van der Waals surface area contributed by atoms with Gasteiger partial charge in [0.15, 0.2) is 5.96 Å². The molecule has 0 amide bonds. The maximum Gasteiger partial charge on any atom is 0.191 e. The van der Waals surface area contributed by atoms with E-state index in [1.165, 1.54) is 5.01 Å². The van der Waals surface area contributed by atoms with Gasteiger partial charge in [0, 0.05) is 44.0 Å². The number of guanidine groups is 1. The highest BCUT2D eigenvalue weighted by atomic mass is 32.1. The Morgan fingerprint density at radius 3 is 2.56 bits per heavy atom. The average molecular weight is 368 g/mol. The molecule has 0 saturated carbocycles. The molecular formula is C18H33N5OS. The van der Waals surface area contributed by atoms with Crippen LogP contribution in [0.5, 0.6) is 0 Å². The first-order valence-corrected chi connectivity index (χ1v) is 10.1. The molecule has 1 aromatic heterocycles. The van der Waals surface area contributed by atoms with Crippen molar-refractivity contribution in [2.45, 2.75) is 46.2 Å². The first-order chi connectivity index (χ1) is 12.0. The molecule has 1 fully saturated rings. The predicted octanol–water partition coefficient (Wildman–Crippen LogP) is 2.29. The van der Waals surface area contributed by atoms with Crippen LogP contribution in [-0.2, 0) is 11.3 Å². The summed E-state index contributed by atoms with van der Waals surface area (Å²) in [6, 6.07) is 0.481. The third-order valence-corrected chi connectivity index (χ3v) is 5.68. The largest absolute Gasteiger partial charge is 0.379 e. The van der Waals surface area contributed by atoms with Gasteiger partial charge in [-0.3, -0.25) is 9.89 Å². The molecule has 2 heterocycles. The zero-order chi connectivity index (χ0) is 18.2. The van der Waals surface area contributed by atoms with E-state index in [0.717, 1.165) is 44.5 Å². The quantitative estimate of drug-likeness (QED) is 0.572. The van der Waals surface area contributed by atoms with Gasteiger partial charge >= 0.3 is 0 Å². The Morgan fingerprint density at radius 1 is 1.28 bits per heavy atom. The number of rotatable bonds is 7. The standard InChI is InChI=1S/C18H33N5OS/c1-13(2)16(23-6-8-24-9-7-23)11-21-18(19-5)20-10-15-12-25-17(22-15)14(3)4/h12-14,16H,6-11H2,1-5H3,(H2,19,20,21). The number of hydrogen-bond donors (Lipinski definition) is 2. The minimum atomic E-state index is 0.481. The Morgan fingerprint density at radius 2 is 2.00 bits per heavy atom. The molecule has 2 N–H and O–H groups in total. The molecule has 1 saturated heterocycles. The topological polar surface area (TPSA) is 61.8 Å². The lowest BCUT2D eigenvalue weighted by molar-refractivity contribution is 0.00752. The summed E-state index contributed by atoms with van der Waals surface area (Å²) in [6.07, 6.45) is 0. The average Bonchev–Trinajstić information content (AvgIpc) is 3.08. The third kappa shape index (κ3) is 6.24. The highest BCUT2D eigenvalue weighted by Crippen LogP contribution is 2.19. The number of hydrogen-bond acceptors (Lipinski definition) is 5. The maximum atomic E-state index is 5.48. The normalized spacial score (nSPS) is 18.0. The molecule has 2 rings (SSSR count). The molecule has 0 aromatic carbocycles. The van der Waals surface area contributed by atoms with Gasteiger partial charge in [0.05, 0.1) is 30.5 Å². The van der Waals surface area contributed by atoms with Crippen molar-refractivity contribution in [2.75, 3.05) is 39.9 Å². The van der Waals surface area contributed by atoms with Crippen molar-refractivity contribution in [2.24, 2.45) is 10.9 Å². The van der Waals surface area contributed by atoms with Gasteiger partial charge < -0.3 is 15.4 Å². The fraction of sp³-hybridized carbons (Fsp3) is 0.778. The van der Waals surface area contributed by atoms with Gasteiger partial charge in [-0.15, -0.1) is 11.3 Å². The van der Waals surface area contributed by atoms with Gasteiger partial charge in [-0.2, -0.15) is 0 Å². The number of nitrogens with zero attached hydrogens (tertiary/aromatic N) is 3. The molecule has 0 radical (unpaired) electrons. The lowest BCUT2D eigenvalue weighted by atomic mass is 10.0. The van der Waals surface area contributed by atoms with E-state index >= 15 is 0 Å². The fourth-order valence-electron chi connectivity index (χ4n) is 2.96. The van der Waals surface area contributed by atoms with Crippen LogP contribution in [0.3, 0.4) is 0 Å². The second-order valence-electron chi connectivity index (χ2n) is 7.10. The molecule has 0 spiro atoms. The Kier molecular flexibility index (Phi) is 8.12. The van der Waals surface area contributed by atoms with Gasteiger partial charge in [-0.1, -0.05) is 27.7 Å². The minimum absolute atomic E-state index is 0.481. The molecule has 1 atom stereocenters. The summed E-state index contributed by atoms with van der Waals surface area (Å²) in [5, 5.41) is 10.2. The van der Waals surface area contributed by atoms with Crippen LogP contribution in [0.4, 0.5) is 0 Å². The number of ether oxygens (including phenoxy) is 1. The molecule has 25 heavy (non-hydrogen) atoms. The summed E-state index contributed by atoms with van der Waals surface area (Å²) in [4.78, 5) is 11.5. The molecule has 6 nitrogen and oxygen atoms in total. The highest BCUT2D eigenvalue weighted by Gasteiger charge is 2.23. The fourth-order valence-corrected chi connectivity index (χ4v) is 3.80. The Labute approximate surface area is 156 Å². The van der Waals surface area contributed by atoms with E-state index in [1.54, 1.807) is 11.3 Å². The molecule has 1 aliphatic rings. The van der Waals surface area contributed by atoms with Crippen LogP contribution in [0.15, 0.2) is 10.4 Å². The second kappa shape index (κ2) is 10.1. The summed E-state index contributed by atoms with van der Waals surface area (Å²) >= 11 is 1.73. The summed E-state index contributed by atoms with van der Waals surface area (Å²) in [5.41, 5.74) is 1.07. The van der Waals surface area contributed by atoms with Crippen molar-refractivity contribution in [3.63, 3.8) is 0 Å². The smallest absolute Gasteiger partial charge is 0.191 e. The van der Waals surface area contributed by atoms with Gasteiger partial charge in [-0.25, -0.2) is 4.98 Å². The number of nitrogens with one attached hydrogen (secondary N) is 2. The van der Waals surface area contributed by atoms with Crippen molar-refractivity contribution >= 4 is 17.3 Å². The van der Waals surface area contributed by atoms with E-state index in [4.69, 9.17) is 4.74 Å². The van der Waals surface area contributed by atoms with Crippen molar-refractivity contribution in [1.29, 1.82) is 0 Å². The van der Waals surface area contributed by atoms with Crippen molar-refractivity contribution in [3.05, 3.63) is 16.1 Å². The van der Waals surface area contributed by atoms with Crippen LogP contribution in [0.2, 0.25) is 0 Å². The molecule has 1 aromatic rings. The lowest BCUT2D eigenvalue weighted by Crippen LogP contribution is -2.52. The van der Waals surface area contributed by atoms with Crippen molar-refractivity contribution in [1.82, 2.24) is 20.5 Å². The van der Waals surface area contributed by atoms with Gasteiger partial charge in [0.1, 0.15) is 0 Å². The van der Waals surface area contributed by atoms with Gasteiger partial charge in [0.25, 0.3) is 0 Å². The van der Waals surface area contributed by atoms with Crippen molar-refractivity contribution in [3.8, 4) is 0 Å². The lowest BCUT2D eigenvalue weighted by Gasteiger charge is -2.37. The Balaban J connectivity index is 1.83. The zero-order valence-corrected chi connectivity index (χ0v) is 17.0. The Bertz CT molecular complexity index is 537. The minimum Gasteiger partial charge on any atom is -0.379 e. The van der Waals surface area contributed by atoms with Crippen LogP contribution in [0, 0.1) is 5.92 Å². The monoisotopic (exact) mass is 367 g/mol. The SMILES string of the molecule is CN=C(NCc1csc(C(C)C)n1)NCC(C(C)C)N1CCOCC1. The van der Waals surface area contributed by atoms with E-state index < -0.39 is 0 Å². The highest BCUT2D eigenvalue weighted by molar-refractivity contribution is 7.09. The molecule has 1 unspecified atom stereocenters. The molecule has 7 heteroatoms. The molecule has 0 aliphatic carbocycles. The summed E-state index contributed by atoms with van der Waals surface area (Å²) in [5.74, 6) is 1.89. The predicted molar refractivity (Wildman–Crippen MR) is 105 cm³/mol. The summed E-state index contributed by atoms with van der Waals surface area (Å²) < 4.78 is 5.48. The maximum absolute atomic E-state index is 5.48. The molecule has 1 aliphatic heterocycles. The summed E-state index contributed by atoms with van der Waals surface area (Å²) in [6.45, 7) is 14.2. The molecule has 0 bridgehead atoms. The van der Waals surface area contributed by atoms with E-state index in [9.17, 15) is 0 Å². The van der Waals surface area contributed by atoms with Gasteiger partial charge in [-0.05, 0) is 5.92 Å². The molecular weight excluding hydrogens is 334 g/mol. The molecule has 142 valence electrons. The first kappa shape index (κ1) is 20.1. The van der Waals surface area contributed by atoms with E-state index in [2.05, 4.69) is 58.6 Å². The van der Waals surface area contributed by atoms with Gasteiger partial charge in [0.2, 0.25) is 0 Å². The van der Waals surface area contributed by atoms with Crippen LogP contribution < -0.4 is 10.6 Å². The number of thiazole rings is 1. The van der Waals surface area contributed by atoms with E-state index in [-0.39, 0.29) is 0 Å². The van der Waals surface area contributed by atoms with Crippen LogP contribution in [-0.4, -0.2) is 61.8 Å². The van der Waals surface area contributed by atoms with Crippen LogP contribution in [0.25, 0.3) is 0 Å². The van der Waals surface area contributed by atoms with Crippen LogP contribution >= 0.6 is 11.3 Å². The number of morpholine rings is 1. The number of aliphatic imine (C=N–C) groups is 1. The third-order valence-electron chi connectivity index (χ3n) is 4.49. The number of aromatic nitrogens is 1. The zero-order valence-electron chi connectivity index (χ0n) is 16.2. The van der Waals surface area contributed by atoms with E-state index in [1.807, 2.05) is 7.05 Å². The summed E-state index contributed by atoms with van der Waals surface area (Å²) in [7, 11) is 1.81. The first-order valence-electron chi connectivity index (χ1n) is 9.21. The van der Waals surface area contributed by atoms with Crippen molar-refractivity contribution < 1.29 is 4.74 Å².